The Morgan fingerprint density at radius 1 is 1.17 bits per heavy atom. The first-order valence-electron chi connectivity index (χ1n) is 6.88. The van der Waals surface area contributed by atoms with Crippen molar-refractivity contribution in [2.75, 3.05) is 6.54 Å². The van der Waals surface area contributed by atoms with Gasteiger partial charge in [-0.2, -0.15) is 0 Å². The van der Waals surface area contributed by atoms with Crippen molar-refractivity contribution in [3.63, 3.8) is 0 Å². The lowest BCUT2D eigenvalue weighted by atomic mass is 10.1. The Morgan fingerprint density at radius 2 is 1.83 bits per heavy atom. The second-order valence-corrected chi connectivity index (χ2v) is 8.16. The van der Waals surface area contributed by atoms with Crippen LogP contribution in [0.4, 0.5) is 0 Å². The second kappa shape index (κ2) is 7.66. The summed E-state index contributed by atoms with van der Waals surface area (Å²) in [4.78, 5) is 2.92. The van der Waals surface area contributed by atoms with Gasteiger partial charge in [0, 0.05) is 19.8 Å². The summed E-state index contributed by atoms with van der Waals surface area (Å²) >= 11 is 5.56. The molecule has 0 aliphatic rings. The fraction of sp³-hybridized carbons (Fsp3) is 0.733. The SMILES string of the molecule is Cc1cc(Br)c(CCCCCCNC(C)(C)C)s1. The van der Waals surface area contributed by atoms with E-state index < -0.39 is 0 Å². The highest BCUT2D eigenvalue weighted by Crippen LogP contribution is 2.28. The highest BCUT2D eigenvalue weighted by atomic mass is 79.9. The standard InChI is InChI=1S/C15H26BrNS/c1-12-11-13(16)14(18-12)9-7-5-6-8-10-17-15(2,3)4/h11,17H,5-10H2,1-4H3. The average Bonchev–Trinajstić information content (AvgIpc) is 2.54. The van der Waals surface area contributed by atoms with E-state index in [0.29, 0.717) is 0 Å². The highest BCUT2D eigenvalue weighted by Gasteiger charge is 2.07. The van der Waals surface area contributed by atoms with Gasteiger partial charge in [0.05, 0.1) is 0 Å². The minimum atomic E-state index is 0.263. The van der Waals surface area contributed by atoms with Crippen molar-refractivity contribution in [3.8, 4) is 0 Å². The van der Waals surface area contributed by atoms with Gasteiger partial charge in [-0.3, -0.25) is 0 Å². The minimum Gasteiger partial charge on any atom is -0.312 e. The maximum atomic E-state index is 3.63. The van der Waals surface area contributed by atoms with E-state index in [1.807, 2.05) is 11.3 Å². The fourth-order valence-electron chi connectivity index (χ4n) is 1.93. The molecule has 1 heterocycles. The van der Waals surface area contributed by atoms with Crippen LogP contribution >= 0.6 is 27.3 Å². The number of hydrogen-bond acceptors (Lipinski definition) is 2. The fourth-order valence-corrected chi connectivity index (χ4v) is 3.83. The van der Waals surface area contributed by atoms with Crippen LogP contribution in [0.3, 0.4) is 0 Å². The lowest BCUT2D eigenvalue weighted by molar-refractivity contribution is 0.416. The van der Waals surface area contributed by atoms with Gasteiger partial charge in [0.1, 0.15) is 0 Å². The zero-order valence-electron chi connectivity index (χ0n) is 12.1. The molecule has 1 nitrogen and oxygen atoms in total. The first-order chi connectivity index (χ1) is 8.38. The molecule has 0 fully saturated rings. The molecule has 0 aliphatic carbocycles. The van der Waals surface area contributed by atoms with Crippen LogP contribution in [0.15, 0.2) is 10.5 Å². The molecule has 1 aromatic rings. The van der Waals surface area contributed by atoms with Gasteiger partial charge in [0.25, 0.3) is 0 Å². The van der Waals surface area contributed by atoms with E-state index in [2.05, 4.69) is 55.0 Å². The summed E-state index contributed by atoms with van der Waals surface area (Å²) in [7, 11) is 0. The van der Waals surface area contributed by atoms with Gasteiger partial charge in [-0.05, 0) is 75.5 Å². The number of aryl methyl sites for hydroxylation is 2. The van der Waals surface area contributed by atoms with Crippen molar-refractivity contribution in [2.45, 2.75) is 65.3 Å². The van der Waals surface area contributed by atoms with Crippen molar-refractivity contribution in [2.24, 2.45) is 0 Å². The molecule has 1 aromatic heterocycles. The van der Waals surface area contributed by atoms with Crippen molar-refractivity contribution in [1.29, 1.82) is 0 Å². The van der Waals surface area contributed by atoms with Gasteiger partial charge in [-0.1, -0.05) is 12.8 Å². The zero-order valence-corrected chi connectivity index (χ0v) is 14.5. The first kappa shape index (κ1) is 16.2. The molecular weight excluding hydrogens is 306 g/mol. The third-order valence-electron chi connectivity index (χ3n) is 2.87. The quantitative estimate of drug-likeness (QED) is 0.667. The summed E-state index contributed by atoms with van der Waals surface area (Å²) in [5.74, 6) is 0. The predicted molar refractivity (Wildman–Crippen MR) is 86.7 cm³/mol. The summed E-state index contributed by atoms with van der Waals surface area (Å²) in [5.41, 5.74) is 0.263. The van der Waals surface area contributed by atoms with Crippen LogP contribution in [0, 0.1) is 6.92 Å². The molecule has 0 radical (unpaired) electrons. The summed E-state index contributed by atoms with van der Waals surface area (Å²) in [6.07, 6.45) is 6.52. The smallest absolute Gasteiger partial charge is 0.0317 e. The van der Waals surface area contributed by atoms with Crippen LogP contribution in [-0.4, -0.2) is 12.1 Å². The van der Waals surface area contributed by atoms with Gasteiger partial charge in [-0.15, -0.1) is 11.3 Å². The van der Waals surface area contributed by atoms with Crippen LogP contribution in [0.2, 0.25) is 0 Å². The molecule has 18 heavy (non-hydrogen) atoms. The molecular formula is C15H26BrNS. The van der Waals surface area contributed by atoms with Crippen molar-refractivity contribution in [1.82, 2.24) is 5.32 Å². The number of thiophene rings is 1. The molecule has 0 saturated heterocycles. The van der Waals surface area contributed by atoms with E-state index >= 15 is 0 Å². The van der Waals surface area contributed by atoms with Crippen molar-refractivity contribution >= 4 is 27.3 Å². The summed E-state index contributed by atoms with van der Waals surface area (Å²) in [5, 5.41) is 3.54. The summed E-state index contributed by atoms with van der Waals surface area (Å²) in [6.45, 7) is 10.00. The molecule has 104 valence electrons. The number of rotatable bonds is 7. The van der Waals surface area contributed by atoms with Gasteiger partial charge in [0.2, 0.25) is 0 Å². The molecule has 0 spiro atoms. The van der Waals surface area contributed by atoms with E-state index in [1.54, 1.807) is 0 Å². The maximum Gasteiger partial charge on any atom is 0.0317 e. The van der Waals surface area contributed by atoms with Crippen LogP contribution in [-0.2, 0) is 6.42 Å². The van der Waals surface area contributed by atoms with Crippen LogP contribution in [0.1, 0.15) is 56.2 Å². The lowest BCUT2D eigenvalue weighted by Gasteiger charge is -2.20. The molecule has 0 aliphatic heterocycles. The number of unbranched alkanes of at least 4 members (excludes halogenated alkanes) is 3. The Kier molecular flexibility index (Phi) is 6.89. The average molecular weight is 332 g/mol. The largest absolute Gasteiger partial charge is 0.312 e. The van der Waals surface area contributed by atoms with Gasteiger partial charge >= 0.3 is 0 Å². The summed E-state index contributed by atoms with van der Waals surface area (Å²) in [6, 6.07) is 2.23. The maximum absolute atomic E-state index is 3.63. The highest BCUT2D eigenvalue weighted by molar-refractivity contribution is 9.10. The number of halogens is 1. The Balaban J connectivity index is 2.04. The molecule has 0 bridgehead atoms. The molecule has 1 N–H and O–H groups in total. The normalized spacial score (nSPS) is 12.1. The van der Waals surface area contributed by atoms with E-state index in [-0.39, 0.29) is 5.54 Å². The van der Waals surface area contributed by atoms with Crippen molar-refractivity contribution in [3.05, 3.63) is 20.3 Å². The molecule has 0 atom stereocenters. The van der Waals surface area contributed by atoms with Crippen molar-refractivity contribution < 1.29 is 0 Å². The van der Waals surface area contributed by atoms with Crippen LogP contribution in [0.5, 0.6) is 0 Å². The first-order valence-corrected chi connectivity index (χ1v) is 8.49. The predicted octanol–water partition coefficient (Wildman–Crippen LogP) is 5.31. The van der Waals surface area contributed by atoms with Gasteiger partial charge in [-0.25, -0.2) is 0 Å². The third kappa shape index (κ3) is 6.91. The number of nitrogens with one attached hydrogen (secondary N) is 1. The van der Waals surface area contributed by atoms with Crippen LogP contribution < -0.4 is 5.32 Å². The molecule has 0 aromatic carbocycles. The lowest BCUT2D eigenvalue weighted by Crippen LogP contribution is -2.36. The monoisotopic (exact) mass is 331 g/mol. The topological polar surface area (TPSA) is 12.0 Å². The molecule has 0 saturated carbocycles. The van der Waals surface area contributed by atoms with E-state index in [4.69, 9.17) is 0 Å². The molecule has 0 unspecified atom stereocenters. The third-order valence-corrected chi connectivity index (χ3v) is 4.95. The Morgan fingerprint density at radius 3 is 2.39 bits per heavy atom. The molecule has 0 amide bonds. The molecule has 1 rings (SSSR count). The molecule has 3 heteroatoms. The van der Waals surface area contributed by atoms with Gasteiger partial charge in [0.15, 0.2) is 0 Å². The van der Waals surface area contributed by atoms with E-state index in [9.17, 15) is 0 Å². The Bertz CT molecular complexity index is 352. The Hall–Kier alpha value is 0.140. The Labute approximate surface area is 125 Å². The second-order valence-electron chi connectivity index (χ2n) is 5.97. The summed E-state index contributed by atoms with van der Waals surface area (Å²) < 4.78 is 1.30. The van der Waals surface area contributed by atoms with Crippen LogP contribution in [0.25, 0.3) is 0 Å². The van der Waals surface area contributed by atoms with Gasteiger partial charge < -0.3 is 5.32 Å². The number of hydrogen-bond donors (Lipinski definition) is 1. The zero-order chi connectivity index (χ0) is 13.6. The minimum absolute atomic E-state index is 0.263. The van der Waals surface area contributed by atoms with E-state index in [0.717, 1.165) is 6.54 Å². The van der Waals surface area contributed by atoms with E-state index in [1.165, 1.54) is 46.3 Å².